The molecule has 0 radical (unpaired) electrons. The van der Waals surface area contributed by atoms with Gasteiger partial charge in [0.25, 0.3) is 0 Å². The highest BCUT2D eigenvalue weighted by atomic mass is 79.9. The Kier molecular flexibility index (Phi) is 9.52. The molecule has 7 nitrogen and oxygen atoms in total. The number of nitrogens with two attached hydrogens (primary N) is 1. The Balaban J connectivity index is 2.00. The molecule has 0 aliphatic heterocycles. The minimum atomic E-state index is -0.454. The first kappa shape index (κ1) is 22.8. The highest BCUT2D eigenvalue weighted by Gasteiger charge is 2.13. The topological polar surface area (TPSA) is 95.5 Å². The molecule has 0 amide bonds. The Bertz CT molecular complexity index is 876. The average Bonchev–Trinajstić information content (AvgIpc) is 2.72. The number of hydrogen-bond donors (Lipinski definition) is 1. The van der Waals surface area contributed by atoms with Gasteiger partial charge >= 0.3 is 5.97 Å². The van der Waals surface area contributed by atoms with E-state index in [0.717, 1.165) is 16.9 Å². The first-order valence-electron chi connectivity index (χ1n) is 8.72. The molecule has 9 heteroatoms. The minimum absolute atomic E-state index is 0.213. The van der Waals surface area contributed by atoms with Gasteiger partial charge in [0.15, 0.2) is 23.3 Å². The largest absolute Gasteiger partial charge is 0.493 e. The summed E-state index contributed by atoms with van der Waals surface area (Å²) >= 11 is 4.82. The van der Waals surface area contributed by atoms with Crippen molar-refractivity contribution in [2.45, 2.75) is 12.7 Å². The Morgan fingerprint density at radius 3 is 2.72 bits per heavy atom. The predicted molar refractivity (Wildman–Crippen MR) is 120 cm³/mol. The first-order valence-corrected chi connectivity index (χ1v) is 10.5. The highest BCUT2D eigenvalue weighted by molar-refractivity contribution is 9.10. The molecule has 0 saturated carbocycles. The van der Waals surface area contributed by atoms with Crippen LogP contribution < -0.4 is 15.2 Å². The molecule has 0 aliphatic carbocycles. The molecular weight excluding hydrogens is 458 g/mol. The lowest BCUT2D eigenvalue weighted by molar-refractivity contribution is -0.145. The Labute approximate surface area is 182 Å². The van der Waals surface area contributed by atoms with Crippen molar-refractivity contribution in [3.05, 3.63) is 58.1 Å². The number of ether oxygens (including phenoxy) is 3. The van der Waals surface area contributed by atoms with Crippen molar-refractivity contribution in [1.82, 2.24) is 0 Å². The van der Waals surface area contributed by atoms with E-state index in [0.29, 0.717) is 27.7 Å². The summed E-state index contributed by atoms with van der Waals surface area (Å²) in [5.41, 5.74) is 7.77. The van der Waals surface area contributed by atoms with Gasteiger partial charge in [-0.05, 0) is 46.1 Å². The molecule has 0 heterocycles. The third-order valence-corrected chi connectivity index (χ3v) is 4.93. The number of hydrogen-bond acceptors (Lipinski definition) is 7. The Morgan fingerprint density at radius 1 is 1.28 bits per heavy atom. The summed E-state index contributed by atoms with van der Waals surface area (Å²) in [6.07, 6.45) is 1.55. The van der Waals surface area contributed by atoms with E-state index in [1.165, 1.54) is 18.9 Å². The maximum absolute atomic E-state index is 11.5. The van der Waals surface area contributed by atoms with E-state index in [-0.39, 0.29) is 6.61 Å². The van der Waals surface area contributed by atoms with Gasteiger partial charge in [0.05, 0.1) is 24.4 Å². The fourth-order valence-electron chi connectivity index (χ4n) is 2.20. The number of benzene rings is 2. The van der Waals surface area contributed by atoms with Gasteiger partial charge in [-0.3, -0.25) is 0 Å². The van der Waals surface area contributed by atoms with Crippen molar-refractivity contribution in [3.63, 3.8) is 0 Å². The number of methoxy groups -OCH3 is 1. The molecule has 0 aromatic heterocycles. The maximum Gasteiger partial charge on any atom is 0.344 e. The Morgan fingerprint density at radius 2 is 2.03 bits per heavy atom. The highest BCUT2D eigenvalue weighted by Crippen LogP contribution is 2.36. The van der Waals surface area contributed by atoms with Crippen LogP contribution >= 0.6 is 27.7 Å². The van der Waals surface area contributed by atoms with Crippen molar-refractivity contribution in [3.8, 4) is 11.5 Å². The van der Waals surface area contributed by atoms with Crippen LogP contribution in [0.4, 0.5) is 0 Å². The monoisotopic (exact) mass is 479 g/mol. The average molecular weight is 480 g/mol. The van der Waals surface area contributed by atoms with E-state index in [1.807, 2.05) is 30.3 Å². The molecule has 0 fully saturated rings. The molecule has 2 rings (SSSR count). The van der Waals surface area contributed by atoms with Crippen LogP contribution in [0.3, 0.4) is 0 Å². The Hall–Kier alpha value is -2.52. The maximum atomic E-state index is 11.5. The van der Waals surface area contributed by atoms with Crippen LogP contribution in [0.15, 0.2) is 57.1 Å². The number of carbonyl (C=O) groups excluding carboxylic acids is 1. The zero-order chi connectivity index (χ0) is 21.1. The molecule has 0 spiro atoms. The first-order chi connectivity index (χ1) is 14.0. The molecule has 2 aromatic rings. The predicted octanol–water partition coefficient (Wildman–Crippen LogP) is 3.98. The second kappa shape index (κ2) is 12.1. The van der Waals surface area contributed by atoms with Gasteiger partial charge in [-0.1, -0.05) is 42.1 Å². The van der Waals surface area contributed by atoms with Gasteiger partial charge in [0.2, 0.25) is 0 Å². The number of halogens is 1. The van der Waals surface area contributed by atoms with Gasteiger partial charge in [0, 0.05) is 5.75 Å². The number of thioether (sulfide) groups is 1. The van der Waals surface area contributed by atoms with Crippen LogP contribution in [0, 0.1) is 0 Å². The van der Waals surface area contributed by atoms with Crippen molar-refractivity contribution >= 4 is 45.0 Å². The summed E-state index contributed by atoms with van der Waals surface area (Å²) in [5, 5.41) is 8.39. The van der Waals surface area contributed by atoms with Crippen molar-refractivity contribution in [2.75, 3.05) is 20.3 Å². The SMILES string of the molecule is CCOC(=O)COc1c(Br)cc(C=NN=C(N)SCc2ccccc2)cc1OC. The molecule has 0 bridgehead atoms. The van der Waals surface area contributed by atoms with Crippen LogP contribution in [0.1, 0.15) is 18.1 Å². The third kappa shape index (κ3) is 7.78. The summed E-state index contributed by atoms with van der Waals surface area (Å²) in [5.74, 6) is 1.11. The summed E-state index contributed by atoms with van der Waals surface area (Å²) < 4.78 is 16.3. The molecule has 2 N–H and O–H groups in total. The molecule has 0 aliphatic rings. The molecule has 2 aromatic carbocycles. The molecular formula is C20H22BrN3O4S. The van der Waals surface area contributed by atoms with Crippen molar-refractivity contribution in [2.24, 2.45) is 15.9 Å². The lowest BCUT2D eigenvalue weighted by Crippen LogP contribution is -2.15. The van der Waals surface area contributed by atoms with Gasteiger partial charge < -0.3 is 19.9 Å². The van der Waals surface area contributed by atoms with Crippen LogP contribution in [0.5, 0.6) is 11.5 Å². The quantitative estimate of drug-likeness (QED) is 0.253. The lowest BCUT2D eigenvalue weighted by atomic mass is 10.2. The van der Waals surface area contributed by atoms with Gasteiger partial charge in [0.1, 0.15) is 0 Å². The van der Waals surface area contributed by atoms with E-state index in [1.54, 1.807) is 25.3 Å². The zero-order valence-corrected chi connectivity index (χ0v) is 18.5. The van der Waals surface area contributed by atoms with Crippen LogP contribution in [-0.2, 0) is 15.3 Å². The van der Waals surface area contributed by atoms with Crippen LogP contribution in [-0.4, -0.2) is 37.7 Å². The van der Waals surface area contributed by atoms with Crippen LogP contribution in [0.2, 0.25) is 0 Å². The van der Waals surface area contributed by atoms with Crippen molar-refractivity contribution in [1.29, 1.82) is 0 Å². The number of carbonyl (C=O) groups is 1. The van der Waals surface area contributed by atoms with Gasteiger partial charge in [-0.15, -0.1) is 5.10 Å². The molecule has 0 saturated heterocycles. The molecule has 0 unspecified atom stereocenters. The van der Waals surface area contributed by atoms with E-state index in [9.17, 15) is 4.79 Å². The van der Waals surface area contributed by atoms with Gasteiger partial charge in [-0.2, -0.15) is 5.10 Å². The van der Waals surface area contributed by atoms with E-state index in [4.69, 9.17) is 19.9 Å². The zero-order valence-electron chi connectivity index (χ0n) is 16.1. The van der Waals surface area contributed by atoms with Gasteiger partial charge in [-0.25, -0.2) is 4.79 Å². The third-order valence-electron chi connectivity index (χ3n) is 3.48. The molecule has 0 atom stereocenters. The van der Waals surface area contributed by atoms with E-state index < -0.39 is 5.97 Å². The smallest absolute Gasteiger partial charge is 0.344 e. The standard InChI is InChI=1S/C20H22BrN3O4S/c1-3-27-18(25)12-28-19-16(21)9-15(10-17(19)26-2)11-23-24-20(22)29-13-14-7-5-4-6-8-14/h4-11H,3,12-13H2,1-2H3,(H2,22,24). The van der Waals surface area contributed by atoms with E-state index >= 15 is 0 Å². The summed E-state index contributed by atoms with van der Waals surface area (Å²) in [6.45, 7) is 1.82. The number of rotatable bonds is 9. The summed E-state index contributed by atoms with van der Waals surface area (Å²) in [7, 11) is 1.51. The minimum Gasteiger partial charge on any atom is -0.493 e. The lowest BCUT2D eigenvalue weighted by Gasteiger charge is -2.12. The number of esters is 1. The summed E-state index contributed by atoms with van der Waals surface area (Å²) in [6, 6.07) is 13.5. The van der Waals surface area contributed by atoms with E-state index in [2.05, 4.69) is 26.1 Å². The normalized spacial score (nSPS) is 11.5. The van der Waals surface area contributed by atoms with Crippen molar-refractivity contribution < 1.29 is 19.0 Å². The number of nitrogens with zero attached hydrogens (tertiary/aromatic N) is 2. The second-order valence-corrected chi connectivity index (χ2v) is 7.43. The summed E-state index contributed by atoms with van der Waals surface area (Å²) in [4.78, 5) is 11.5. The van der Waals surface area contributed by atoms with Crippen LogP contribution in [0.25, 0.3) is 0 Å². The molecule has 154 valence electrons. The fourth-order valence-corrected chi connectivity index (χ4v) is 3.39. The number of amidine groups is 1. The second-order valence-electron chi connectivity index (χ2n) is 5.58. The fraction of sp³-hybridized carbons (Fsp3) is 0.250. The molecule has 29 heavy (non-hydrogen) atoms.